The molecule has 5 heteroatoms. The summed E-state index contributed by atoms with van der Waals surface area (Å²) in [6.45, 7) is 0.630. The van der Waals surface area contributed by atoms with E-state index in [4.69, 9.17) is 27.5 Å². The Bertz CT molecular complexity index is 658. The topological polar surface area (TPSA) is 62.3 Å². The second-order valence-electron chi connectivity index (χ2n) is 4.74. The minimum absolute atomic E-state index is 0.0218. The summed E-state index contributed by atoms with van der Waals surface area (Å²) >= 11 is 6.06. The Morgan fingerprint density at radius 1 is 1.29 bits per heavy atom. The molecule has 0 unspecified atom stereocenters. The number of amidine groups is 1. The fourth-order valence-corrected chi connectivity index (χ4v) is 2.39. The molecule has 0 saturated heterocycles. The highest BCUT2D eigenvalue weighted by Crippen LogP contribution is 2.27. The summed E-state index contributed by atoms with van der Waals surface area (Å²) in [7, 11) is 3.59. The zero-order valence-electron chi connectivity index (χ0n) is 12.1. The Kier molecular flexibility index (Phi) is 4.70. The molecule has 0 atom stereocenters. The number of hydrogen-bond donors (Lipinski definition) is 2. The van der Waals surface area contributed by atoms with Gasteiger partial charge < -0.3 is 15.4 Å². The Morgan fingerprint density at radius 3 is 2.67 bits per heavy atom. The van der Waals surface area contributed by atoms with Gasteiger partial charge in [0.25, 0.3) is 0 Å². The first-order valence-electron chi connectivity index (χ1n) is 6.50. The highest BCUT2D eigenvalue weighted by molar-refractivity contribution is 6.31. The first kappa shape index (κ1) is 15.2. The molecule has 21 heavy (non-hydrogen) atoms. The number of halogens is 1. The summed E-state index contributed by atoms with van der Waals surface area (Å²) in [6.07, 6.45) is 0. The van der Waals surface area contributed by atoms with Crippen molar-refractivity contribution in [2.45, 2.75) is 6.54 Å². The van der Waals surface area contributed by atoms with E-state index in [0.29, 0.717) is 17.1 Å². The van der Waals surface area contributed by atoms with Crippen LogP contribution in [-0.4, -0.2) is 20.0 Å². The van der Waals surface area contributed by atoms with Crippen LogP contribution in [0.5, 0.6) is 5.75 Å². The maximum absolute atomic E-state index is 7.68. The smallest absolute Gasteiger partial charge is 0.124 e. The first-order chi connectivity index (χ1) is 10.0. The molecule has 0 saturated carbocycles. The third-order valence-electron chi connectivity index (χ3n) is 3.26. The number of hydrogen-bond acceptors (Lipinski definition) is 3. The van der Waals surface area contributed by atoms with E-state index in [1.807, 2.05) is 42.3 Å². The van der Waals surface area contributed by atoms with Gasteiger partial charge in [0.1, 0.15) is 11.6 Å². The minimum atomic E-state index is 0.0218. The highest BCUT2D eigenvalue weighted by Gasteiger charge is 2.12. The fraction of sp³-hybridized carbons (Fsp3) is 0.188. The van der Waals surface area contributed by atoms with Crippen molar-refractivity contribution in [3.05, 3.63) is 58.6 Å². The van der Waals surface area contributed by atoms with Gasteiger partial charge in [-0.05, 0) is 24.3 Å². The van der Waals surface area contributed by atoms with Gasteiger partial charge >= 0.3 is 0 Å². The van der Waals surface area contributed by atoms with E-state index in [2.05, 4.69) is 0 Å². The minimum Gasteiger partial charge on any atom is -0.496 e. The van der Waals surface area contributed by atoms with Crippen molar-refractivity contribution in [2.75, 3.05) is 19.1 Å². The number of nitrogen functional groups attached to an aromatic ring is 1. The van der Waals surface area contributed by atoms with Crippen molar-refractivity contribution >= 4 is 23.1 Å². The number of nitrogens with two attached hydrogens (primary N) is 1. The van der Waals surface area contributed by atoms with Gasteiger partial charge in [0.05, 0.1) is 7.11 Å². The molecule has 0 bridgehead atoms. The fourth-order valence-electron chi connectivity index (χ4n) is 2.22. The number of para-hydroxylation sites is 1. The van der Waals surface area contributed by atoms with Crippen molar-refractivity contribution in [1.29, 1.82) is 5.41 Å². The quantitative estimate of drug-likeness (QED) is 0.658. The zero-order chi connectivity index (χ0) is 15.4. The average Bonchev–Trinajstić information content (AvgIpc) is 2.47. The molecule has 0 aromatic heterocycles. The van der Waals surface area contributed by atoms with Crippen LogP contribution in [0, 0.1) is 5.41 Å². The molecule has 0 radical (unpaired) electrons. The molecule has 3 N–H and O–H groups in total. The van der Waals surface area contributed by atoms with Crippen molar-refractivity contribution in [3.63, 3.8) is 0 Å². The number of nitrogens with one attached hydrogen (secondary N) is 1. The van der Waals surface area contributed by atoms with Gasteiger partial charge in [0, 0.05) is 35.4 Å². The summed E-state index contributed by atoms with van der Waals surface area (Å²) in [5.74, 6) is 0.851. The van der Waals surface area contributed by atoms with Gasteiger partial charge in [-0.2, -0.15) is 0 Å². The zero-order valence-corrected chi connectivity index (χ0v) is 12.8. The van der Waals surface area contributed by atoms with Crippen LogP contribution < -0.4 is 15.4 Å². The van der Waals surface area contributed by atoms with E-state index in [9.17, 15) is 0 Å². The normalized spacial score (nSPS) is 10.2. The lowest BCUT2D eigenvalue weighted by Gasteiger charge is -2.23. The van der Waals surface area contributed by atoms with E-state index < -0.39 is 0 Å². The predicted molar refractivity (Wildman–Crippen MR) is 87.6 cm³/mol. The molecule has 2 aromatic rings. The van der Waals surface area contributed by atoms with Gasteiger partial charge in [-0.15, -0.1) is 0 Å². The number of methoxy groups -OCH3 is 1. The van der Waals surface area contributed by atoms with E-state index in [-0.39, 0.29) is 5.84 Å². The molecule has 2 aromatic carbocycles. The third kappa shape index (κ3) is 3.47. The van der Waals surface area contributed by atoms with Crippen LogP contribution >= 0.6 is 11.6 Å². The second kappa shape index (κ2) is 6.50. The number of rotatable bonds is 5. The highest BCUT2D eigenvalue weighted by atomic mass is 35.5. The molecular weight excluding hydrogens is 286 g/mol. The lowest BCUT2D eigenvalue weighted by Crippen LogP contribution is -2.22. The van der Waals surface area contributed by atoms with Crippen molar-refractivity contribution in [2.24, 2.45) is 5.73 Å². The Balaban J connectivity index is 2.34. The molecule has 0 fully saturated rings. The monoisotopic (exact) mass is 303 g/mol. The molecule has 4 nitrogen and oxygen atoms in total. The van der Waals surface area contributed by atoms with Gasteiger partial charge in [0.15, 0.2) is 0 Å². The second-order valence-corrected chi connectivity index (χ2v) is 5.18. The van der Waals surface area contributed by atoms with E-state index in [0.717, 1.165) is 17.0 Å². The van der Waals surface area contributed by atoms with Crippen molar-refractivity contribution < 1.29 is 4.74 Å². The molecule has 0 aliphatic heterocycles. The molecular formula is C16H18ClN3O. The Hall–Kier alpha value is -2.20. The SMILES string of the molecule is COc1ccccc1CN(C)c1cc(Cl)ccc1C(=N)N. The molecule has 0 aliphatic carbocycles. The lowest BCUT2D eigenvalue weighted by molar-refractivity contribution is 0.409. The maximum Gasteiger partial charge on any atom is 0.124 e. The maximum atomic E-state index is 7.68. The van der Waals surface area contributed by atoms with Gasteiger partial charge in [0.2, 0.25) is 0 Å². The number of nitrogens with zero attached hydrogens (tertiary/aromatic N) is 1. The van der Waals surface area contributed by atoms with Gasteiger partial charge in [-0.3, -0.25) is 5.41 Å². The Morgan fingerprint density at radius 2 is 2.00 bits per heavy atom. The number of benzene rings is 2. The number of anilines is 1. The number of ether oxygens (including phenoxy) is 1. The standard InChI is InChI=1S/C16H18ClN3O/c1-20(10-11-5-3-4-6-15(11)21-2)14-9-12(17)7-8-13(14)16(18)19/h3-9H,10H2,1-2H3,(H3,18,19). The molecule has 110 valence electrons. The predicted octanol–water partition coefficient (Wildman–Crippen LogP) is 3.27. The largest absolute Gasteiger partial charge is 0.496 e. The van der Waals surface area contributed by atoms with Crippen molar-refractivity contribution in [3.8, 4) is 5.75 Å². The van der Waals surface area contributed by atoms with Crippen LogP contribution in [0.4, 0.5) is 5.69 Å². The van der Waals surface area contributed by atoms with Crippen LogP contribution in [-0.2, 0) is 6.54 Å². The molecule has 0 aliphatic rings. The average molecular weight is 304 g/mol. The molecule has 0 heterocycles. The summed E-state index contributed by atoms with van der Waals surface area (Å²) in [5.41, 5.74) is 8.18. The molecule has 0 spiro atoms. The Labute approximate surface area is 129 Å². The van der Waals surface area contributed by atoms with Crippen LogP contribution in [0.2, 0.25) is 5.02 Å². The van der Waals surface area contributed by atoms with Crippen LogP contribution in [0.3, 0.4) is 0 Å². The van der Waals surface area contributed by atoms with Crippen LogP contribution in [0.25, 0.3) is 0 Å². The summed E-state index contributed by atoms with van der Waals surface area (Å²) in [5, 5.41) is 8.29. The van der Waals surface area contributed by atoms with E-state index >= 15 is 0 Å². The van der Waals surface area contributed by atoms with Crippen molar-refractivity contribution in [1.82, 2.24) is 0 Å². The van der Waals surface area contributed by atoms with Crippen LogP contribution in [0.1, 0.15) is 11.1 Å². The van der Waals surface area contributed by atoms with E-state index in [1.165, 1.54) is 0 Å². The summed E-state index contributed by atoms with van der Waals surface area (Å²) in [6, 6.07) is 13.1. The molecule has 2 rings (SSSR count). The van der Waals surface area contributed by atoms with E-state index in [1.54, 1.807) is 19.2 Å². The van der Waals surface area contributed by atoms with Crippen LogP contribution in [0.15, 0.2) is 42.5 Å². The third-order valence-corrected chi connectivity index (χ3v) is 3.50. The lowest BCUT2D eigenvalue weighted by atomic mass is 10.1. The summed E-state index contributed by atoms with van der Waals surface area (Å²) < 4.78 is 5.36. The first-order valence-corrected chi connectivity index (χ1v) is 6.87. The van der Waals surface area contributed by atoms with Gasteiger partial charge in [-0.25, -0.2) is 0 Å². The van der Waals surface area contributed by atoms with Gasteiger partial charge in [-0.1, -0.05) is 29.8 Å². The molecule has 0 amide bonds. The summed E-state index contributed by atoms with van der Waals surface area (Å²) in [4.78, 5) is 2.00.